The van der Waals surface area contributed by atoms with Crippen molar-refractivity contribution in [3.63, 3.8) is 0 Å². The van der Waals surface area contributed by atoms with Crippen molar-refractivity contribution in [1.82, 2.24) is 10.2 Å². The molecule has 0 saturated carbocycles. The van der Waals surface area contributed by atoms with Crippen LogP contribution in [0, 0.1) is 17.0 Å². The number of halogens is 2. The van der Waals surface area contributed by atoms with Crippen LogP contribution < -0.4 is 14.4 Å². The molecule has 0 radical (unpaired) electrons. The molecule has 0 aromatic heterocycles. The van der Waals surface area contributed by atoms with Crippen molar-refractivity contribution in [3.05, 3.63) is 127 Å². The first-order chi connectivity index (χ1) is 23.5. The van der Waals surface area contributed by atoms with Gasteiger partial charge in [0.25, 0.3) is 15.7 Å². The minimum Gasteiger partial charge on any atom is -0.495 e. The number of benzene rings is 4. The van der Waals surface area contributed by atoms with Crippen molar-refractivity contribution in [1.29, 1.82) is 0 Å². The van der Waals surface area contributed by atoms with Gasteiger partial charge in [0.2, 0.25) is 11.8 Å². The van der Waals surface area contributed by atoms with Crippen molar-refractivity contribution < 1.29 is 27.7 Å². The topological polar surface area (TPSA) is 139 Å². The van der Waals surface area contributed by atoms with Gasteiger partial charge in [0.15, 0.2) is 0 Å². The van der Waals surface area contributed by atoms with Gasteiger partial charge in [0.1, 0.15) is 18.3 Å². The maximum absolute atomic E-state index is 14.8. The number of carbonyl (C=O) groups excluding carboxylic acids is 2. The molecule has 4 rings (SSSR count). The van der Waals surface area contributed by atoms with Gasteiger partial charge < -0.3 is 15.0 Å². The number of hydrogen-bond donors (Lipinski definition) is 1. The molecule has 14 heteroatoms. The second-order valence-corrected chi connectivity index (χ2v) is 15.8. The van der Waals surface area contributed by atoms with Gasteiger partial charge in [0.05, 0.1) is 22.6 Å². The fraction of sp³-hybridized carbons (Fsp3) is 0.278. The molecule has 0 aliphatic heterocycles. The summed E-state index contributed by atoms with van der Waals surface area (Å²) in [6.45, 7) is 6.11. The molecular formula is C36H38BrClN4O7S. The first-order valence-corrected chi connectivity index (χ1v) is 18.1. The van der Waals surface area contributed by atoms with Crippen molar-refractivity contribution in [2.75, 3.05) is 18.0 Å². The maximum atomic E-state index is 14.8. The SMILES string of the molecule is COc1ccc(Cl)cc1N(CC(=O)N(Cc1cccc(Br)c1)C(Cc1ccccc1)C(=O)NC(C)(C)C)S(=O)(=O)c1ccc(C)c([N+](=O)[O-])c1. The van der Waals surface area contributed by atoms with E-state index in [2.05, 4.69) is 21.2 Å². The highest BCUT2D eigenvalue weighted by atomic mass is 79.9. The molecule has 0 fully saturated rings. The summed E-state index contributed by atoms with van der Waals surface area (Å²) in [5.74, 6) is -1.08. The summed E-state index contributed by atoms with van der Waals surface area (Å²) in [6.07, 6.45) is 0.125. The van der Waals surface area contributed by atoms with E-state index in [0.717, 1.165) is 20.4 Å². The normalized spacial score (nSPS) is 12.1. The predicted octanol–water partition coefficient (Wildman–Crippen LogP) is 7.08. The standard InChI is InChI=1S/C36H38BrClN4O7S/c1-24-14-16-29(21-30(24)42(45)46)50(47,48)41(31-20-28(38)15-17-33(31)49-5)23-34(43)40(22-26-12-9-13-27(37)18-26)32(35(44)39-36(2,3)4)19-25-10-7-6-8-11-25/h6-18,20-21,32H,19,22-23H2,1-5H3,(H,39,44). The molecule has 264 valence electrons. The smallest absolute Gasteiger partial charge is 0.273 e. The number of carbonyl (C=O) groups is 2. The Balaban J connectivity index is 1.91. The zero-order valence-electron chi connectivity index (χ0n) is 28.2. The van der Waals surface area contributed by atoms with Crippen LogP contribution in [0.2, 0.25) is 5.02 Å². The number of nitro groups is 1. The van der Waals surface area contributed by atoms with E-state index in [9.17, 15) is 28.1 Å². The monoisotopic (exact) mass is 784 g/mol. The van der Waals surface area contributed by atoms with Gasteiger partial charge in [-0.2, -0.15) is 0 Å². The number of nitrogens with one attached hydrogen (secondary N) is 1. The first kappa shape index (κ1) is 38.3. The second-order valence-electron chi connectivity index (χ2n) is 12.6. The number of rotatable bonds is 13. The summed E-state index contributed by atoms with van der Waals surface area (Å²) >= 11 is 9.82. The van der Waals surface area contributed by atoms with Crippen LogP contribution in [0.5, 0.6) is 5.75 Å². The molecule has 0 spiro atoms. The second kappa shape index (κ2) is 16.0. The van der Waals surface area contributed by atoms with Crippen molar-refractivity contribution >= 4 is 60.7 Å². The van der Waals surface area contributed by atoms with Crippen LogP contribution in [0.25, 0.3) is 0 Å². The van der Waals surface area contributed by atoms with E-state index in [4.69, 9.17) is 16.3 Å². The molecule has 4 aromatic rings. The number of amides is 2. The van der Waals surface area contributed by atoms with Gasteiger partial charge in [-0.25, -0.2) is 8.42 Å². The molecule has 0 aliphatic carbocycles. The van der Waals surface area contributed by atoms with Crippen molar-refractivity contribution in [2.24, 2.45) is 0 Å². The number of nitrogens with zero attached hydrogens (tertiary/aromatic N) is 3. The number of ether oxygens (including phenoxy) is 1. The largest absolute Gasteiger partial charge is 0.495 e. The van der Waals surface area contributed by atoms with Crippen LogP contribution in [0.1, 0.15) is 37.5 Å². The van der Waals surface area contributed by atoms with Crippen molar-refractivity contribution in [3.8, 4) is 5.75 Å². The maximum Gasteiger partial charge on any atom is 0.273 e. The minimum atomic E-state index is -4.68. The number of sulfonamides is 1. The summed E-state index contributed by atoms with van der Waals surface area (Å²) in [4.78, 5) is 40.9. The fourth-order valence-corrected chi connectivity index (χ4v) is 7.33. The lowest BCUT2D eigenvalue weighted by atomic mass is 10.0. The molecule has 1 N–H and O–H groups in total. The lowest BCUT2D eigenvalue weighted by molar-refractivity contribution is -0.385. The third kappa shape index (κ3) is 9.61. The summed E-state index contributed by atoms with van der Waals surface area (Å²) in [6, 6.07) is 23.1. The molecule has 0 heterocycles. The third-order valence-electron chi connectivity index (χ3n) is 7.66. The van der Waals surface area contributed by atoms with Gasteiger partial charge in [-0.3, -0.25) is 24.0 Å². The molecule has 50 heavy (non-hydrogen) atoms. The van der Waals surface area contributed by atoms with Crippen LogP contribution in [-0.4, -0.2) is 55.3 Å². The van der Waals surface area contributed by atoms with E-state index < -0.39 is 55.5 Å². The number of aryl methyl sites for hydroxylation is 1. The van der Waals surface area contributed by atoms with E-state index in [0.29, 0.717) is 5.56 Å². The molecule has 0 saturated heterocycles. The van der Waals surface area contributed by atoms with Gasteiger partial charge in [-0.05, 0) is 75.2 Å². The van der Waals surface area contributed by atoms with Crippen LogP contribution in [0.4, 0.5) is 11.4 Å². The van der Waals surface area contributed by atoms with Gasteiger partial charge in [-0.1, -0.05) is 76.1 Å². The average molecular weight is 786 g/mol. The average Bonchev–Trinajstić information content (AvgIpc) is 3.04. The van der Waals surface area contributed by atoms with Gasteiger partial charge >= 0.3 is 0 Å². The molecule has 4 aromatic carbocycles. The Kier molecular flexibility index (Phi) is 12.3. The lowest BCUT2D eigenvalue weighted by Gasteiger charge is -2.35. The number of anilines is 1. The minimum absolute atomic E-state index is 0.0517. The summed E-state index contributed by atoms with van der Waals surface area (Å²) < 4.78 is 36.0. The molecule has 2 amide bonds. The molecule has 11 nitrogen and oxygen atoms in total. The Hall–Kier alpha value is -4.46. The highest BCUT2D eigenvalue weighted by molar-refractivity contribution is 9.10. The first-order valence-electron chi connectivity index (χ1n) is 15.5. The summed E-state index contributed by atoms with van der Waals surface area (Å²) in [7, 11) is -3.35. The Morgan fingerprint density at radius 3 is 2.28 bits per heavy atom. The van der Waals surface area contributed by atoms with Crippen LogP contribution in [0.15, 0.2) is 100 Å². The zero-order valence-corrected chi connectivity index (χ0v) is 31.4. The number of hydrogen-bond acceptors (Lipinski definition) is 7. The Labute approximate surface area is 305 Å². The van der Waals surface area contributed by atoms with E-state index in [1.54, 1.807) is 12.1 Å². The van der Waals surface area contributed by atoms with E-state index in [1.165, 1.54) is 49.3 Å². The zero-order chi connectivity index (χ0) is 36.8. The molecule has 1 unspecified atom stereocenters. The summed E-state index contributed by atoms with van der Waals surface area (Å²) in [5.41, 5.74) is 0.581. The number of nitro benzene ring substituents is 1. The molecular weight excluding hydrogens is 748 g/mol. The van der Waals surface area contributed by atoms with Gasteiger partial charge in [-0.15, -0.1) is 0 Å². The molecule has 0 bridgehead atoms. The highest BCUT2D eigenvalue weighted by Crippen LogP contribution is 2.36. The van der Waals surface area contributed by atoms with E-state index in [-0.39, 0.29) is 35.0 Å². The molecule has 0 aliphatic rings. The quantitative estimate of drug-likeness (QED) is 0.113. The Morgan fingerprint density at radius 1 is 0.980 bits per heavy atom. The summed E-state index contributed by atoms with van der Waals surface area (Å²) in [5, 5.41) is 14.9. The van der Waals surface area contributed by atoms with Crippen molar-refractivity contribution in [2.45, 2.75) is 57.1 Å². The predicted molar refractivity (Wildman–Crippen MR) is 197 cm³/mol. The Morgan fingerprint density at radius 2 is 1.66 bits per heavy atom. The fourth-order valence-electron chi connectivity index (χ4n) is 5.28. The van der Waals surface area contributed by atoms with E-state index >= 15 is 0 Å². The lowest BCUT2D eigenvalue weighted by Crippen LogP contribution is -2.56. The van der Waals surface area contributed by atoms with Gasteiger partial charge in [0, 0.05) is 39.6 Å². The number of methoxy groups -OCH3 is 1. The highest BCUT2D eigenvalue weighted by Gasteiger charge is 2.37. The van der Waals surface area contributed by atoms with Crippen LogP contribution >= 0.6 is 27.5 Å². The molecule has 1 atom stereocenters. The Bertz CT molecular complexity index is 1990. The van der Waals surface area contributed by atoms with E-state index in [1.807, 2.05) is 63.2 Å². The third-order valence-corrected chi connectivity index (χ3v) is 10.1. The van der Waals surface area contributed by atoms with Crippen LogP contribution in [-0.2, 0) is 32.6 Å². The van der Waals surface area contributed by atoms with Crippen LogP contribution in [0.3, 0.4) is 0 Å².